The Bertz CT molecular complexity index is 452. The standard InChI is InChI=1S/C13H16N2O4/c1-18-12(16)9-4-6-10(7-5-9)14-13(17)15-11-3-2-8-19-11/h4-7,11H,2-3,8H2,1H3,(H2,14,15,17). The van der Waals surface area contributed by atoms with Gasteiger partial charge in [-0.15, -0.1) is 0 Å². The molecule has 2 N–H and O–H groups in total. The molecule has 1 aromatic carbocycles. The number of carbonyl (C=O) groups excluding carboxylic acids is 2. The van der Waals surface area contributed by atoms with Crippen LogP contribution in [0.4, 0.5) is 10.5 Å². The van der Waals surface area contributed by atoms with Crippen LogP contribution in [0.2, 0.25) is 0 Å². The second-order valence-electron chi connectivity index (χ2n) is 4.17. The molecule has 2 rings (SSSR count). The predicted octanol–water partition coefficient (Wildman–Crippen LogP) is 1.73. The highest BCUT2D eigenvalue weighted by molar-refractivity contribution is 5.92. The summed E-state index contributed by atoms with van der Waals surface area (Å²) < 4.78 is 9.88. The van der Waals surface area contributed by atoms with Crippen LogP contribution < -0.4 is 10.6 Å². The number of hydrogen-bond acceptors (Lipinski definition) is 4. The number of hydrogen-bond donors (Lipinski definition) is 2. The maximum absolute atomic E-state index is 11.6. The number of carbonyl (C=O) groups is 2. The molecule has 6 heteroatoms. The van der Waals surface area contributed by atoms with Crippen molar-refractivity contribution >= 4 is 17.7 Å². The largest absolute Gasteiger partial charge is 0.465 e. The van der Waals surface area contributed by atoms with E-state index in [2.05, 4.69) is 15.4 Å². The number of nitrogens with one attached hydrogen (secondary N) is 2. The zero-order chi connectivity index (χ0) is 13.7. The summed E-state index contributed by atoms with van der Waals surface area (Å²) >= 11 is 0. The number of esters is 1. The molecule has 1 aromatic rings. The normalized spacial score (nSPS) is 17.8. The van der Waals surface area contributed by atoms with Crippen LogP contribution in [0.15, 0.2) is 24.3 Å². The van der Waals surface area contributed by atoms with Crippen molar-refractivity contribution < 1.29 is 19.1 Å². The molecule has 0 spiro atoms. The SMILES string of the molecule is COC(=O)c1ccc(NC(=O)NC2CCCO2)cc1. The van der Waals surface area contributed by atoms with Gasteiger partial charge in [0.05, 0.1) is 12.7 Å². The highest BCUT2D eigenvalue weighted by Crippen LogP contribution is 2.12. The molecular weight excluding hydrogens is 248 g/mol. The first-order valence-electron chi connectivity index (χ1n) is 6.06. The van der Waals surface area contributed by atoms with Crippen LogP contribution in [0.3, 0.4) is 0 Å². The highest BCUT2D eigenvalue weighted by Gasteiger charge is 2.17. The minimum atomic E-state index is -0.407. The molecule has 1 heterocycles. The van der Waals surface area contributed by atoms with E-state index < -0.39 is 5.97 Å². The lowest BCUT2D eigenvalue weighted by molar-refractivity contribution is 0.0600. The number of amides is 2. The van der Waals surface area contributed by atoms with Crippen molar-refractivity contribution in [3.63, 3.8) is 0 Å². The van der Waals surface area contributed by atoms with Crippen molar-refractivity contribution in [2.24, 2.45) is 0 Å². The molecule has 0 radical (unpaired) electrons. The highest BCUT2D eigenvalue weighted by atomic mass is 16.5. The molecule has 0 aromatic heterocycles. The van der Waals surface area contributed by atoms with E-state index in [1.807, 2.05) is 0 Å². The van der Waals surface area contributed by atoms with Gasteiger partial charge in [-0.05, 0) is 37.1 Å². The summed E-state index contributed by atoms with van der Waals surface area (Å²) in [5.74, 6) is -0.407. The van der Waals surface area contributed by atoms with E-state index >= 15 is 0 Å². The number of methoxy groups -OCH3 is 1. The average molecular weight is 264 g/mol. The topological polar surface area (TPSA) is 76.7 Å². The molecule has 1 aliphatic heterocycles. The summed E-state index contributed by atoms with van der Waals surface area (Å²) in [5.41, 5.74) is 1.04. The molecule has 1 atom stereocenters. The van der Waals surface area contributed by atoms with Crippen LogP contribution in [0.25, 0.3) is 0 Å². The second kappa shape index (κ2) is 6.19. The van der Waals surface area contributed by atoms with Gasteiger partial charge in [-0.1, -0.05) is 0 Å². The smallest absolute Gasteiger partial charge is 0.337 e. The van der Waals surface area contributed by atoms with Gasteiger partial charge >= 0.3 is 12.0 Å². The predicted molar refractivity (Wildman–Crippen MR) is 68.9 cm³/mol. The van der Waals surface area contributed by atoms with E-state index in [9.17, 15) is 9.59 Å². The molecule has 0 aliphatic carbocycles. The quantitative estimate of drug-likeness (QED) is 0.815. The Hall–Kier alpha value is -2.08. The summed E-state index contributed by atoms with van der Waals surface area (Å²) in [7, 11) is 1.32. The third kappa shape index (κ3) is 3.69. The van der Waals surface area contributed by atoms with Crippen LogP contribution in [-0.2, 0) is 9.47 Å². The third-order valence-corrected chi connectivity index (χ3v) is 2.79. The van der Waals surface area contributed by atoms with Gasteiger partial charge in [0.2, 0.25) is 0 Å². The zero-order valence-electron chi connectivity index (χ0n) is 10.6. The zero-order valence-corrected chi connectivity index (χ0v) is 10.6. The second-order valence-corrected chi connectivity index (χ2v) is 4.17. The summed E-state index contributed by atoms with van der Waals surface area (Å²) in [6.45, 7) is 0.679. The van der Waals surface area contributed by atoms with Gasteiger partial charge in [-0.25, -0.2) is 9.59 Å². The fourth-order valence-electron chi connectivity index (χ4n) is 1.81. The van der Waals surface area contributed by atoms with Crippen LogP contribution in [0.1, 0.15) is 23.2 Å². The van der Waals surface area contributed by atoms with Crippen LogP contribution >= 0.6 is 0 Å². The number of rotatable bonds is 3. The van der Waals surface area contributed by atoms with Crippen molar-refractivity contribution in [1.29, 1.82) is 0 Å². The number of ether oxygens (including phenoxy) is 2. The third-order valence-electron chi connectivity index (χ3n) is 2.79. The van der Waals surface area contributed by atoms with Crippen molar-refractivity contribution in [3.05, 3.63) is 29.8 Å². The lowest BCUT2D eigenvalue weighted by Gasteiger charge is -2.12. The van der Waals surface area contributed by atoms with Gasteiger partial charge in [0.1, 0.15) is 6.23 Å². The average Bonchev–Trinajstić information content (AvgIpc) is 2.91. The van der Waals surface area contributed by atoms with E-state index in [0.717, 1.165) is 12.8 Å². The van der Waals surface area contributed by atoms with Crippen molar-refractivity contribution in [3.8, 4) is 0 Å². The molecule has 102 valence electrons. The number of anilines is 1. The van der Waals surface area contributed by atoms with Crippen molar-refractivity contribution in [1.82, 2.24) is 5.32 Å². The lowest BCUT2D eigenvalue weighted by atomic mass is 10.2. The molecule has 1 fully saturated rings. The van der Waals surface area contributed by atoms with E-state index in [4.69, 9.17) is 4.74 Å². The first-order chi connectivity index (χ1) is 9.19. The Morgan fingerprint density at radius 2 is 2.05 bits per heavy atom. The first kappa shape index (κ1) is 13.4. The van der Waals surface area contributed by atoms with Crippen molar-refractivity contribution in [2.45, 2.75) is 19.1 Å². The van der Waals surface area contributed by atoms with Gasteiger partial charge in [-0.3, -0.25) is 0 Å². The molecule has 0 bridgehead atoms. The van der Waals surface area contributed by atoms with Crippen LogP contribution in [0.5, 0.6) is 0 Å². The molecule has 1 aliphatic rings. The Balaban J connectivity index is 1.88. The van der Waals surface area contributed by atoms with Crippen molar-refractivity contribution in [2.75, 3.05) is 19.0 Å². The molecule has 2 amide bonds. The monoisotopic (exact) mass is 264 g/mol. The molecule has 1 saturated heterocycles. The lowest BCUT2D eigenvalue weighted by Crippen LogP contribution is -2.37. The summed E-state index contributed by atoms with van der Waals surface area (Å²) in [5, 5.41) is 5.38. The number of benzene rings is 1. The Kier molecular flexibility index (Phi) is 4.35. The molecule has 1 unspecified atom stereocenters. The van der Waals surface area contributed by atoms with E-state index in [-0.39, 0.29) is 12.3 Å². The Morgan fingerprint density at radius 3 is 2.63 bits per heavy atom. The molecular formula is C13H16N2O4. The summed E-state index contributed by atoms with van der Waals surface area (Å²) in [6.07, 6.45) is 1.57. The molecule has 6 nitrogen and oxygen atoms in total. The summed E-state index contributed by atoms with van der Waals surface area (Å²) in [4.78, 5) is 22.9. The first-order valence-corrected chi connectivity index (χ1v) is 6.06. The van der Waals surface area contributed by atoms with Crippen LogP contribution in [0, 0.1) is 0 Å². The Morgan fingerprint density at radius 1 is 1.32 bits per heavy atom. The fraction of sp³-hybridized carbons (Fsp3) is 0.385. The maximum Gasteiger partial charge on any atom is 0.337 e. The molecule has 0 saturated carbocycles. The molecule has 19 heavy (non-hydrogen) atoms. The van der Waals surface area contributed by atoms with E-state index in [1.165, 1.54) is 7.11 Å². The van der Waals surface area contributed by atoms with E-state index in [1.54, 1.807) is 24.3 Å². The fourth-order valence-corrected chi connectivity index (χ4v) is 1.81. The maximum atomic E-state index is 11.6. The minimum absolute atomic E-state index is 0.214. The van der Waals surface area contributed by atoms with Gasteiger partial charge in [0, 0.05) is 12.3 Å². The number of urea groups is 1. The van der Waals surface area contributed by atoms with Crippen LogP contribution in [-0.4, -0.2) is 31.9 Å². The van der Waals surface area contributed by atoms with Gasteiger partial charge < -0.3 is 20.1 Å². The summed E-state index contributed by atoms with van der Waals surface area (Å²) in [6, 6.07) is 6.14. The van der Waals surface area contributed by atoms with Gasteiger partial charge in [0.15, 0.2) is 0 Å². The van der Waals surface area contributed by atoms with Gasteiger partial charge in [0.25, 0.3) is 0 Å². The minimum Gasteiger partial charge on any atom is -0.465 e. The van der Waals surface area contributed by atoms with Gasteiger partial charge in [-0.2, -0.15) is 0 Å². The Labute approximate surface area is 111 Å². The van der Waals surface area contributed by atoms with E-state index in [0.29, 0.717) is 17.9 Å².